The Kier molecular flexibility index (Phi) is 3.69. The number of aromatic nitrogens is 2. The number of benzene rings is 1. The Morgan fingerprint density at radius 3 is 3.00 bits per heavy atom. The van der Waals surface area contributed by atoms with E-state index in [0.717, 1.165) is 15.9 Å². The molecule has 2 heterocycles. The van der Waals surface area contributed by atoms with Gasteiger partial charge in [-0.3, -0.25) is 10.1 Å². The van der Waals surface area contributed by atoms with E-state index < -0.39 is 0 Å². The van der Waals surface area contributed by atoms with Gasteiger partial charge < -0.3 is 10.7 Å². The smallest absolute Gasteiger partial charge is 0.268 e. The normalized spacial score (nSPS) is 10.1. The Balaban J connectivity index is 1.77. The van der Waals surface area contributed by atoms with E-state index in [4.69, 9.17) is 5.73 Å². The number of anilines is 1. The van der Waals surface area contributed by atoms with Gasteiger partial charge in [0.15, 0.2) is 0 Å². The molecule has 0 saturated heterocycles. The van der Waals surface area contributed by atoms with Crippen molar-refractivity contribution in [2.45, 2.75) is 0 Å². The summed E-state index contributed by atoms with van der Waals surface area (Å²) < 4.78 is 0. The maximum Gasteiger partial charge on any atom is 0.268 e. The molecule has 1 aromatic carbocycles. The van der Waals surface area contributed by atoms with E-state index in [1.165, 1.54) is 11.3 Å². The predicted molar refractivity (Wildman–Crippen MR) is 84.3 cm³/mol. The number of carbonyl (C=O) groups excluding carboxylic acids is 1. The molecule has 0 radical (unpaired) electrons. The van der Waals surface area contributed by atoms with Crippen LogP contribution in [0, 0.1) is 11.8 Å². The maximum absolute atomic E-state index is 12.1. The standard InChI is InChI=1S/C15H12N4OS/c16-9-3-4-10-7-8-13(21-10)14(20)19-15-17-11-5-1-2-6-12(11)18-15/h1-2,5-8H,9,16H2,(H2,17,18,19,20). The molecule has 104 valence electrons. The number of rotatable bonds is 2. The Morgan fingerprint density at radius 1 is 1.33 bits per heavy atom. The van der Waals surface area contributed by atoms with Crippen LogP contribution >= 0.6 is 11.3 Å². The first-order chi connectivity index (χ1) is 10.3. The van der Waals surface area contributed by atoms with Crippen LogP contribution in [0.2, 0.25) is 0 Å². The van der Waals surface area contributed by atoms with Crippen LogP contribution in [0.3, 0.4) is 0 Å². The molecule has 4 N–H and O–H groups in total. The van der Waals surface area contributed by atoms with E-state index >= 15 is 0 Å². The summed E-state index contributed by atoms with van der Waals surface area (Å²) >= 11 is 1.32. The molecule has 0 atom stereocenters. The SMILES string of the molecule is NCC#Cc1ccc(C(=O)Nc2nc3ccccc3[nH]2)s1. The number of para-hydroxylation sites is 2. The monoisotopic (exact) mass is 296 g/mol. The minimum atomic E-state index is -0.208. The van der Waals surface area contributed by atoms with E-state index in [2.05, 4.69) is 27.1 Å². The third-order valence-electron chi connectivity index (χ3n) is 2.76. The molecule has 0 aliphatic rings. The Labute approximate surface area is 125 Å². The van der Waals surface area contributed by atoms with Crippen molar-refractivity contribution in [1.82, 2.24) is 9.97 Å². The highest BCUT2D eigenvalue weighted by Crippen LogP contribution is 2.18. The molecule has 0 spiro atoms. The number of amides is 1. The van der Waals surface area contributed by atoms with Gasteiger partial charge in [0.05, 0.1) is 27.3 Å². The highest BCUT2D eigenvalue weighted by atomic mass is 32.1. The maximum atomic E-state index is 12.1. The molecule has 0 unspecified atom stereocenters. The fourth-order valence-corrected chi connectivity index (χ4v) is 2.62. The highest BCUT2D eigenvalue weighted by molar-refractivity contribution is 7.14. The van der Waals surface area contributed by atoms with E-state index in [1.807, 2.05) is 24.3 Å². The third-order valence-corrected chi connectivity index (χ3v) is 3.76. The van der Waals surface area contributed by atoms with Crippen molar-refractivity contribution in [2.24, 2.45) is 5.73 Å². The Bertz CT molecular complexity index is 820. The van der Waals surface area contributed by atoms with Crippen molar-refractivity contribution in [1.29, 1.82) is 0 Å². The number of hydrogen-bond donors (Lipinski definition) is 3. The Hall–Kier alpha value is -2.62. The molecule has 0 bridgehead atoms. The van der Waals surface area contributed by atoms with Crippen LogP contribution in [0.15, 0.2) is 36.4 Å². The lowest BCUT2D eigenvalue weighted by Gasteiger charge is -1.97. The summed E-state index contributed by atoms with van der Waals surface area (Å²) in [6.07, 6.45) is 0. The highest BCUT2D eigenvalue weighted by Gasteiger charge is 2.11. The zero-order chi connectivity index (χ0) is 14.7. The minimum Gasteiger partial charge on any atom is -0.324 e. The average Bonchev–Trinajstić information content (AvgIpc) is 3.11. The van der Waals surface area contributed by atoms with Gasteiger partial charge in [0, 0.05) is 0 Å². The first kappa shape index (κ1) is 13.4. The Morgan fingerprint density at radius 2 is 2.19 bits per heavy atom. The lowest BCUT2D eigenvalue weighted by Crippen LogP contribution is -2.11. The van der Waals surface area contributed by atoms with Gasteiger partial charge in [0.25, 0.3) is 5.91 Å². The molecule has 2 aromatic heterocycles. The van der Waals surface area contributed by atoms with E-state index in [1.54, 1.807) is 12.1 Å². The second-order valence-electron chi connectivity index (χ2n) is 4.23. The number of hydrogen-bond acceptors (Lipinski definition) is 4. The first-order valence-corrected chi connectivity index (χ1v) is 7.13. The van der Waals surface area contributed by atoms with Crippen LogP contribution < -0.4 is 11.1 Å². The number of nitrogens with zero attached hydrogens (tertiary/aromatic N) is 1. The van der Waals surface area contributed by atoms with Crippen LogP contribution in [-0.4, -0.2) is 22.4 Å². The largest absolute Gasteiger partial charge is 0.324 e. The van der Waals surface area contributed by atoms with Gasteiger partial charge >= 0.3 is 0 Å². The summed E-state index contributed by atoms with van der Waals surface area (Å²) in [7, 11) is 0. The van der Waals surface area contributed by atoms with Crippen molar-refractivity contribution in [3.8, 4) is 11.8 Å². The first-order valence-electron chi connectivity index (χ1n) is 6.31. The molecular weight excluding hydrogens is 284 g/mol. The van der Waals surface area contributed by atoms with Gasteiger partial charge in [-0.2, -0.15) is 0 Å². The second kappa shape index (κ2) is 5.79. The topological polar surface area (TPSA) is 83.8 Å². The molecule has 3 rings (SSSR count). The fourth-order valence-electron chi connectivity index (χ4n) is 1.85. The van der Waals surface area contributed by atoms with Gasteiger partial charge in [-0.05, 0) is 24.3 Å². The zero-order valence-electron chi connectivity index (χ0n) is 11.0. The number of nitrogens with one attached hydrogen (secondary N) is 2. The quantitative estimate of drug-likeness (QED) is 0.634. The molecule has 21 heavy (non-hydrogen) atoms. The minimum absolute atomic E-state index is 0.208. The van der Waals surface area contributed by atoms with Crippen LogP contribution in [-0.2, 0) is 0 Å². The van der Waals surface area contributed by atoms with Gasteiger partial charge in [0.1, 0.15) is 0 Å². The third kappa shape index (κ3) is 2.94. The van der Waals surface area contributed by atoms with Gasteiger partial charge in [-0.1, -0.05) is 24.0 Å². The van der Waals surface area contributed by atoms with E-state index in [9.17, 15) is 4.79 Å². The van der Waals surface area contributed by atoms with Crippen molar-refractivity contribution < 1.29 is 4.79 Å². The second-order valence-corrected chi connectivity index (χ2v) is 5.31. The van der Waals surface area contributed by atoms with Crippen molar-refractivity contribution in [3.63, 3.8) is 0 Å². The zero-order valence-corrected chi connectivity index (χ0v) is 11.8. The fraction of sp³-hybridized carbons (Fsp3) is 0.0667. The van der Waals surface area contributed by atoms with E-state index in [0.29, 0.717) is 17.4 Å². The molecule has 0 aliphatic heterocycles. The van der Waals surface area contributed by atoms with Gasteiger partial charge in [0.2, 0.25) is 5.95 Å². The molecular formula is C15H12N4OS. The summed E-state index contributed by atoms with van der Waals surface area (Å²) in [6.45, 7) is 0.304. The predicted octanol–water partition coefficient (Wildman–Crippen LogP) is 2.19. The molecule has 0 saturated carbocycles. The number of thiophene rings is 1. The van der Waals surface area contributed by atoms with Crippen molar-refractivity contribution in [2.75, 3.05) is 11.9 Å². The van der Waals surface area contributed by atoms with Gasteiger partial charge in [-0.15, -0.1) is 11.3 Å². The lowest BCUT2D eigenvalue weighted by molar-refractivity contribution is 0.103. The number of H-pyrrole nitrogens is 1. The number of nitrogens with two attached hydrogens (primary N) is 1. The molecule has 5 nitrogen and oxygen atoms in total. The molecule has 3 aromatic rings. The average molecular weight is 296 g/mol. The molecule has 6 heteroatoms. The van der Waals surface area contributed by atoms with Gasteiger partial charge in [-0.25, -0.2) is 4.98 Å². The van der Waals surface area contributed by atoms with Crippen LogP contribution in [0.4, 0.5) is 5.95 Å². The molecule has 0 aliphatic carbocycles. The van der Waals surface area contributed by atoms with Crippen molar-refractivity contribution >= 4 is 34.2 Å². The lowest BCUT2D eigenvalue weighted by atomic mass is 10.3. The summed E-state index contributed by atoms with van der Waals surface area (Å²) in [6, 6.07) is 11.1. The number of carbonyl (C=O) groups is 1. The van der Waals surface area contributed by atoms with Crippen LogP contribution in [0.1, 0.15) is 14.5 Å². The van der Waals surface area contributed by atoms with Crippen LogP contribution in [0.25, 0.3) is 11.0 Å². The summed E-state index contributed by atoms with van der Waals surface area (Å²) in [4.78, 5) is 20.9. The number of aromatic amines is 1. The van der Waals surface area contributed by atoms with Crippen molar-refractivity contribution in [3.05, 3.63) is 46.2 Å². The molecule has 0 fully saturated rings. The molecule has 1 amide bonds. The summed E-state index contributed by atoms with van der Waals surface area (Å²) in [5.74, 6) is 5.89. The summed E-state index contributed by atoms with van der Waals surface area (Å²) in [5.41, 5.74) is 7.02. The van der Waals surface area contributed by atoms with E-state index in [-0.39, 0.29) is 5.91 Å². The number of imidazole rings is 1. The number of fused-ring (bicyclic) bond motifs is 1. The summed E-state index contributed by atoms with van der Waals surface area (Å²) in [5, 5.41) is 2.75. The van der Waals surface area contributed by atoms with Crippen LogP contribution in [0.5, 0.6) is 0 Å².